The van der Waals surface area contributed by atoms with Crippen molar-refractivity contribution in [2.45, 2.75) is 58.8 Å². The molecule has 6 nitrogen and oxygen atoms in total. The number of hydrogen-bond acceptors (Lipinski definition) is 3. The first-order chi connectivity index (χ1) is 13.2. The van der Waals surface area contributed by atoms with E-state index in [2.05, 4.69) is 36.5 Å². The maximum atomic E-state index is 12.4. The van der Waals surface area contributed by atoms with E-state index in [0.29, 0.717) is 30.2 Å². The molecule has 0 aliphatic rings. The Morgan fingerprint density at radius 1 is 1.14 bits per heavy atom. The van der Waals surface area contributed by atoms with Gasteiger partial charge < -0.3 is 10.6 Å². The zero-order valence-corrected chi connectivity index (χ0v) is 17.8. The minimum Gasteiger partial charge on any atom is -0.356 e. The Kier molecular flexibility index (Phi) is 7.63. The van der Waals surface area contributed by atoms with Gasteiger partial charge in [-0.15, -0.1) is 0 Å². The lowest BCUT2D eigenvalue weighted by molar-refractivity contribution is -0.121. The van der Waals surface area contributed by atoms with Gasteiger partial charge in [-0.25, -0.2) is 4.68 Å². The van der Waals surface area contributed by atoms with Gasteiger partial charge in [-0.2, -0.15) is 5.10 Å². The topological polar surface area (TPSA) is 76.0 Å². The van der Waals surface area contributed by atoms with E-state index in [0.717, 1.165) is 17.8 Å². The fraction of sp³-hybridized carbons (Fsp3) is 0.476. The third-order valence-electron chi connectivity index (χ3n) is 4.18. The molecule has 152 valence electrons. The first-order valence-electron chi connectivity index (χ1n) is 9.63. The van der Waals surface area contributed by atoms with Crippen LogP contribution in [0.3, 0.4) is 0 Å². The van der Waals surface area contributed by atoms with E-state index >= 15 is 0 Å². The van der Waals surface area contributed by atoms with Crippen LogP contribution in [0.25, 0.3) is 5.69 Å². The van der Waals surface area contributed by atoms with E-state index in [1.807, 2.05) is 25.1 Å². The van der Waals surface area contributed by atoms with Crippen molar-refractivity contribution in [3.05, 3.63) is 41.0 Å². The Morgan fingerprint density at radius 2 is 1.86 bits per heavy atom. The van der Waals surface area contributed by atoms with Crippen LogP contribution in [0.15, 0.2) is 30.3 Å². The zero-order valence-electron chi connectivity index (χ0n) is 17.0. The summed E-state index contributed by atoms with van der Waals surface area (Å²) in [4.78, 5) is 24.1. The van der Waals surface area contributed by atoms with Gasteiger partial charge in [-0.1, -0.05) is 45.4 Å². The fourth-order valence-electron chi connectivity index (χ4n) is 2.61. The summed E-state index contributed by atoms with van der Waals surface area (Å²) in [6.07, 6.45) is 2.01. The average molecular weight is 405 g/mol. The molecule has 7 heteroatoms. The summed E-state index contributed by atoms with van der Waals surface area (Å²) in [7, 11) is 0. The molecule has 0 fully saturated rings. The largest absolute Gasteiger partial charge is 0.356 e. The van der Waals surface area contributed by atoms with E-state index in [9.17, 15) is 9.59 Å². The van der Waals surface area contributed by atoms with Crippen LogP contribution < -0.4 is 10.6 Å². The Labute approximate surface area is 171 Å². The van der Waals surface area contributed by atoms with E-state index < -0.39 is 0 Å². The molecule has 1 aromatic carbocycles. The van der Waals surface area contributed by atoms with Gasteiger partial charge in [-0.3, -0.25) is 9.59 Å². The summed E-state index contributed by atoms with van der Waals surface area (Å²) in [5.41, 5.74) is 1.47. The third-order valence-corrected chi connectivity index (χ3v) is 4.41. The van der Waals surface area contributed by atoms with Gasteiger partial charge in [0, 0.05) is 35.9 Å². The lowest BCUT2D eigenvalue weighted by atomic mass is 9.92. The number of nitrogens with zero attached hydrogens (tertiary/aromatic N) is 2. The summed E-state index contributed by atoms with van der Waals surface area (Å²) in [5, 5.41) is 11.0. The summed E-state index contributed by atoms with van der Waals surface area (Å²) >= 11 is 6.12. The Balaban J connectivity index is 2.10. The Bertz CT molecular complexity index is 824. The molecule has 2 amide bonds. The van der Waals surface area contributed by atoms with E-state index in [1.165, 1.54) is 0 Å². The number of aromatic nitrogens is 2. The molecule has 0 unspecified atom stereocenters. The van der Waals surface area contributed by atoms with Crippen LogP contribution in [0.1, 0.15) is 59.1 Å². The predicted octanol–water partition coefficient (Wildman–Crippen LogP) is 4.46. The fourth-order valence-corrected chi connectivity index (χ4v) is 2.79. The van der Waals surface area contributed by atoms with Crippen molar-refractivity contribution in [1.82, 2.24) is 15.1 Å². The van der Waals surface area contributed by atoms with Gasteiger partial charge in [0.15, 0.2) is 0 Å². The van der Waals surface area contributed by atoms with Crippen molar-refractivity contribution in [1.29, 1.82) is 0 Å². The number of nitrogens with one attached hydrogen (secondary N) is 2. The van der Waals surface area contributed by atoms with Gasteiger partial charge in [0.2, 0.25) is 11.8 Å². The monoisotopic (exact) mass is 404 g/mol. The summed E-state index contributed by atoms with van der Waals surface area (Å²) in [6.45, 7) is 8.87. The number of hydrogen-bond donors (Lipinski definition) is 2. The number of anilines is 1. The van der Waals surface area contributed by atoms with Crippen LogP contribution in [0.5, 0.6) is 0 Å². The van der Waals surface area contributed by atoms with Crippen LogP contribution in [-0.2, 0) is 15.0 Å². The quantitative estimate of drug-likeness (QED) is 0.682. The van der Waals surface area contributed by atoms with Crippen molar-refractivity contribution in [3.63, 3.8) is 0 Å². The van der Waals surface area contributed by atoms with Crippen LogP contribution >= 0.6 is 11.6 Å². The van der Waals surface area contributed by atoms with E-state index in [-0.39, 0.29) is 23.7 Å². The van der Waals surface area contributed by atoms with Gasteiger partial charge in [0.05, 0.1) is 11.4 Å². The average Bonchev–Trinajstić information content (AvgIpc) is 3.04. The van der Waals surface area contributed by atoms with Crippen LogP contribution in [0.2, 0.25) is 5.02 Å². The molecule has 0 radical (unpaired) electrons. The van der Waals surface area contributed by atoms with Crippen molar-refractivity contribution < 1.29 is 9.59 Å². The molecule has 1 aromatic heterocycles. The lowest BCUT2D eigenvalue weighted by Crippen LogP contribution is -2.24. The predicted molar refractivity (Wildman–Crippen MR) is 113 cm³/mol. The summed E-state index contributed by atoms with van der Waals surface area (Å²) in [5.74, 6) is 0.424. The smallest absolute Gasteiger partial charge is 0.225 e. The summed E-state index contributed by atoms with van der Waals surface area (Å²) < 4.78 is 1.69. The molecule has 0 atom stereocenters. The Hall–Kier alpha value is -2.34. The minimum atomic E-state index is -0.166. The first kappa shape index (κ1) is 22.0. The molecule has 2 rings (SSSR count). The molecule has 0 aliphatic heterocycles. The molecule has 0 saturated carbocycles. The molecule has 0 spiro atoms. The molecular formula is C21H29ClN4O2. The molecule has 2 aromatic rings. The van der Waals surface area contributed by atoms with E-state index in [4.69, 9.17) is 11.6 Å². The molecule has 1 heterocycles. The van der Waals surface area contributed by atoms with Crippen molar-refractivity contribution >= 4 is 29.2 Å². The highest BCUT2D eigenvalue weighted by Gasteiger charge is 2.21. The maximum Gasteiger partial charge on any atom is 0.225 e. The number of rotatable bonds is 8. The van der Waals surface area contributed by atoms with E-state index in [1.54, 1.807) is 16.8 Å². The molecule has 0 bridgehead atoms. The summed E-state index contributed by atoms with van der Waals surface area (Å²) in [6, 6.07) is 9.21. The SMILES string of the molecule is CCCNC(=O)CCCC(=O)Nc1cc(C(C)(C)C)nn1-c1cccc(Cl)c1. The zero-order chi connectivity index (χ0) is 20.7. The van der Waals surface area contributed by atoms with Crippen molar-refractivity contribution in [2.75, 3.05) is 11.9 Å². The van der Waals surface area contributed by atoms with Gasteiger partial charge in [0.1, 0.15) is 5.82 Å². The lowest BCUT2D eigenvalue weighted by Gasteiger charge is -2.14. The maximum absolute atomic E-state index is 12.4. The first-order valence-corrected chi connectivity index (χ1v) is 10.0. The second-order valence-corrected chi connectivity index (χ2v) is 8.24. The number of halogens is 1. The van der Waals surface area contributed by atoms with Crippen molar-refractivity contribution in [2.24, 2.45) is 0 Å². The molecule has 0 aliphatic carbocycles. The van der Waals surface area contributed by atoms with Crippen LogP contribution in [0, 0.1) is 0 Å². The second kappa shape index (κ2) is 9.73. The normalized spacial score (nSPS) is 11.3. The van der Waals surface area contributed by atoms with Gasteiger partial charge in [-0.05, 0) is 31.0 Å². The van der Waals surface area contributed by atoms with Crippen molar-refractivity contribution in [3.8, 4) is 5.69 Å². The third kappa shape index (κ3) is 6.37. The highest BCUT2D eigenvalue weighted by Crippen LogP contribution is 2.27. The highest BCUT2D eigenvalue weighted by molar-refractivity contribution is 6.30. The van der Waals surface area contributed by atoms with Gasteiger partial charge >= 0.3 is 0 Å². The molecule has 2 N–H and O–H groups in total. The highest BCUT2D eigenvalue weighted by atomic mass is 35.5. The number of amides is 2. The number of carbonyl (C=O) groups is 2. The van der Waals surface area contributed by atoms with Crippen LogP contribution in [-0.4, -0.2) is 28.1 Å². The standard InChI is InChI=1S/C21H29ClN4O2/c1-5-12-23-19(27)10-7-11-20(28)24-18-14-17(21(2,3)4)25-26(18)16-9-6-8-15(22)13-16/h6,8-9,13-14H,5,7,10-12H2,1-4H3,(H,23,27)(H,24,28). The Morgan fingerprint density at radius 3 is 2.50 bits per heavy atom. The number of carbonyl (C=O) groups excluding carboxylic acids is 2. The molecule has 0 saturated heterocycles. The van der Waals surface area contributed by atoms with Gasteiger partial charge in [0.25, 0.3) is 0 Å². The molecule has 28 heavy (non-hydrogen) atoms. The molecular weight excluding hydrogens is 376 g/mol. The second-order valence-electron chi connectivity index (χ2n) is 7.81. The van der Waals surface area contributed by atoms with Crippen LogP contribution in [0.4, 0.5) is 5.82 Å². The minimum absolute atomic E-state index is 0.0198. The number of benzene rings is 1.